The molecule has 12 heteroatoms. The van der Waals surface area contributed by atoms with E-state index in [4.69, 9.17) is 9.11 Å². The fraction of sp³-hybridized carbons (Fsp3) is 0.588. The Bertz CT molecular complexity index is 865. The Hall–Kier alpha value is -1.63. The van der Waals surface area contributed by atoms with E-state index in [2.05, 4.69) is 18.6 Å². The third kappa shape index (κ3) is 9.15. The van der Waals surface area contributed by atoms with Crippen molar-refractivity contribution in [3.63, 3.8) is 0 Å². The fourth-order valence-corrected chi connectivity index (χ4v) is 2.43. The molecule has 0 heterocycles. The zero-order valence-electron chi connectivity index (χ0n) is 16.5. The van der Waals surface area contributed by atoms with E-state index in [0.717, 1.165) is 12.0 Å². The van der Waals surface area contributed by atoms with Crippen LogP contribution in [0.25, 0.3) is 0 Å². The molecule has 0 aliphatic heterocycles. The Kier molecular flexibility index (Phi) is 10.3. The number of benzene rings is 1. The van der Waals surface area contributed by atoms with Gasteiger partial charge >= 0.3 is 21.3 Å². The number of alkyl halides is 2. The predicted molar refractivity (Wildman–Crippen MR) is 102 cm³/mol. The smallest absolute Gasteiger partial charge is 0.402 e. The van der Waals surface area contributed by atoms with Crippen molar-refractivity contribution in [2.75, 3.05) is 6.61 Å². The first kappa shape index (κ1) is 27.4. The Labute approximate surface area is 169 Å². The van der Waals surface area contributed by atoms with Crippen LogP contribution < -0.4 is 0 Å². The van der Waals surface area contributed by atoms with Gasteiger partial charge in [-0.25, -0.2) is 0 Å². The molecule has 2 unspecified atom stereocenters. The van der Waals surface area contributed by atoms with E-state index in [1.807, 2.05) is 0 Å². The summed E-state index contributed by atoms with van der Waals surface area (Å²) in [7, 11) is -9.59. The van der Waals surface area contributed by atoms with Gasteiger partial charge in [-0.2, -0.15) is 25.6 Å². The summed E-state index contributed by atoms with van der Waals surface area (Å²) < 4.78 is 87.7. The Balaban J connectivity index is 0.000000541. The quantitative estimate of drug-likeness (QED) is 0.444. The summed E-state index contributed by atoms with van der Waals surface area (Å²) in [4.78, 5) is 10.9. The molecule has 1 rings (SSSR count). The van der Waals surface area contributed by atoms with Crippen LogP contribution in [0.5, 0.6) is 0 Å². The lowest BCUT2D eigenvalue weighted by Gasteiger charge is -2.14. The van der Waals surface area contributed by atoms with E-state index < -0.39 is 44.0 Å². The Morgan fingerprint density at radius 2 is 1.52 bits per heavy atom. The number of hydrogen-bond acceptors (Lipinski definition) is 6. The molecular weight excluding hydrogens is 434 g/mol. The number of rotatable bonds is 8. The van der Waals surface area contributed by atoms with E-state index in [1.54, 1.807) is 19.1 Å². The number of esters is 1. The summed E-state index contributed by atoms with van der Waals surface area (Å²) in [6, 6.07) is 6.32. The lowest BCUT2D eigenvalue weighted by Crippen LogP contribution is -2.35. The van der Waals surface area contributed by atoms with Gasteiger partial charge < -0.3 is 4.74 Å². The molecule has 0 saturated heterocycles. The van der Waals surface area contributed by atoms with Gasteiger partial charge in [-0.15, -0.1) is 0 Å². The van der Waals surface area contributed by atoms with E-state index in [0.29, 0.717) is 12.3 Å². The molecule has 0 fully saturated rings. The van der Waals surface area contributed by atoms with Crippen molar-refractivity contribution < 1.29 is 44.3 Å². The standard InChI is InChI=1S/C10H14O3S.C7H12F2O5S/c1-3-8(2)9-4-6-10(7-5-9)14(11,12)13;1-3-5(2)6(10)14-4-7(8,9)15(11,12)13/h4-8H,3H2,1-2H3,(H,11,12,13);5H,3-4H2,1-2H3,(H,11,12,13). The minimum Gasteiger partial charge on any atom is -0.458 e. The number of carbonyl (C=O) groups excluding carboxylic acids is 1. The van der Waals surface area contributed by atoms with Gasteiger partial charge in [0.05, 0.1) is 10.8 Å². The summed E-state index contributed by atoms with van der Waals surface area (Å²) in [5.41, 5.74) is 1.08. The van der Waals surface area contributed by atoms with Crippen molar-refractivity contribution >= 4 is 26.2 Å². The second-order valence-corrected chi connectivity index (χ2v) is 9.35. The van der Waals surface area contributed by atoms with Crippen LogP contribution >= 0.6 is 0 Å². The highest BCUT2D eigenvalue weighted by molar-refractivity contribution is 7.87. The first-order valence-corrected chi connectivity index (χ1v) is 11.5. The Morgan fingerprint density at radius 1 is 1.03 bits per heavy atom. The molecule has 2 atom stereocenters. The Morgan fingerprint density at radius 3 is 1.86 bits per heavy atom. The molecule has 0 aliphatic carbocycles. The number of ether oxygens (including phenoxy) is 1. The molecule has 1 aromatic carbocycles. The third-order valence-corrected chi connectivity index (χ3v) is 5.87. The molecule has 168 valence electrons. The van der Waals surface area contributed by atoms with Crippen LogP contribution in [0, 0.1) is 5.92 Å². The maximum atomic E-state index is 12.5. The third-order valence-electron chi connectivity index (χ3n) is 4.13. The number of hydrogen-bond donors (Lipinski definition) is 2. The highest BCUT2D eigenvalue weighted by atomic mass is 32.2. The molecule has 8 nitrogen and oxygen atoms in total. The van der Waals surface area contributed by atoms with Crippen molar-refractivity contribution in [1.29, 1.82) is 0 Å². The molecule has 0 aromatic heterocycles. The minimum atomic E-state index is -5.54. The summed E-state index contributed by atoms with van der Waals surface area (Å²) in [6.45, 7) is 5.57. The van der Waals surface area contributed by atoms with Crippen molar-refractivity contribution in [1.82, 2.24) is 0 Å². The largest absolute Gasteiger partial charge is 0.458 e. The molecule has 0 saturated carbocycles. The topological polar surface area (TPSA) is 135 Å². The van der Waals surface area contributed by atoms with Crippen LogP contribution in [0.3, 0.4) is 0 Å². The van der Waals surface area contributed by atoms with Crippen molar-refractivity contribution in [2.45, 2.75) is 56.6 Å². The predicted octanol–water partition coefficient (Wildman–Crippen LogP) is 3.50. The lowest BCUT2D eigenvalue weighted by molar-refractivity contribution is -0.154. The van der Waals surface area contributed by atoms with Gasteiger partial charge in [-0.3, -0.25) is 13.9 Å². The molecule has 0 radical (unpaired) electrons. The number of carbonyl (C=O) groups is 1. The molecule has 0 spiro atoms. The summed E-state index contributed by atoms with van der Waals surface area (Å²) in [6.07, 6.45) is 1.39. The van der Waals surface area contributed by atoms with Crippen LogP contribution in [0.15, 0.2) is 29.2 Å². The van der Waals surface area contributed by atoms with Crippen molar-refractivity contribution in [3.05, 3.63) is 29.8 Å². The van der Waals surface area contributed by atoms with Gasteiger partial charge in [0.25, 0.3) is 10.1 Å². The molecular formula is C17H26F2O8S2. The molecule has 0 bridgehead atoms. The minimum absolute atomic E-state index is 0.0513. The van der Waals surface area contributed by atoms with E-state index in [1.165, 1.54) is 19.1 Å². The molecule has 1 aromatic rings. The maximum absolute atomic E-state index is 12.5. The van der Waals surface area contributed by atoms with Crippen LogP contribution in [0.1, 0.15) is 52.0 Å². The second-order valence-electron chi connectivity index (χ2n) is 6.38. The average molecular weight is 461 g/mol. The average Bonchev–Trinajstić information content (AvgIpc) is 2.63. The maximum Gasteiger partial charge on any atom is 0.402 e. The molecule has 0 amide bonds. The summed E-state index contributed by atoms with van der Waals surface area (Å²) in [5.74, 6) is -1.12. The van der Waals surface area contributed by atoms with Crippen LogP contribution in [0.2, 0.25) is 0 Å². The van der Waals surface area contributed by atoms with Gasteiger partial charge in [0.1, 0.15) is 0 Å². The van der Waals surface area contributed by atoms with E-state index in [-0.39, 0.29) is 4.90 Å². The zero-order chi connectivity index (χ0) is 23.0. The SMILES string of the molecule is CCC(C)C(=O)OCC(F)(F)S(=O)(=O)O.CCC(C)c1ccc(S(=O)(=O)O)cc1. The first-order chi connectivity index (χ1) is 13.1. The van der Waals surface area contributed by atoms with Crippen LogP contribution in [-0.4, -0.2) is 43.8 Å². The number of halogens is 2. The lowest BCUT2D eigenvalue weighted by atomic mass is 9.99. The van der Waals surface area contributed by atoms with Crippen LogP contribution in [-0.2, 0) is 29.8 Å². The van der Waals surface area contributed by atoms with Crippen molar-refractivity contribution in [2.24, 2.45) is 5.92 Å². The van der Waals surface area contributed by atoms with Gasteiger partial charge in [-0.1, -0.05) is 39.8 Å². The normalized spacial score (nSPS) is 14.3. The van der Waals surface area contributed by atoms with Gasteiger partial charge in [0, 0.05) is 0 Å². The molecule has 0 aliphatic rings. The van der Waals surface area contributed by atoms with Crippen molar-refractivity contribution in [3.8, 4) is 0 Å². The first-order valence-electron chi connectivity index (χ1n) is 8.65. The van der Waals surface area contributed by atoms with E-state index >= 15 is 0 Å². The van der Waals surface area contributed by atoms with Crippen LogP contribution in [0.4, 0.5) is 8.78 Å². The highest BCUT2D eigenvalue weighted by Gasteiger charge is 2.45. The van der Waals surface area contributed by atoms with Gasteiger partial charge in [0.15, 0.2) is 6.61 Å². The fourth-order valence-electron chi connectivity index (χ4n) is 1.74. The zero-order valence-corrected chi connectivity index (χ0v) is 18.1. The summed E-state index contributed by atoms with van der Waals surface area (Å²) >= 11 is 0. The monoisotopic (exact) mass is 460 g/mol. The van der Waals surface area contributed by atoms with Gasteiger partial charge in [-0.05, 0) is 36.5 Å². The summed E-state index contributed by atoms with van der Waals surface area (Å²) in [5, 5.41) is -4.46. The molecule has 2 N–H and O–H groups in total. The van der Waals surface area contributed by atoms with Gasteiger partial charge in [0.2, 0.25) is 0 Å². The van der Waals surface area contributed by atoms with E-state index in [9.17, 15) is 30.4 Å². The molecule has 29 heavy (non-hydrogen) atoms. The highest BCUT2D eigenvalue weighted by Crippen LogP contribution is 2.21. The second kappa shape index (κ2) is 11.0.